The molecule has 8 nitrogen and oxygen atoms in total. The maximum absolute atomic E-state index is 12.7. The molecular formula is C18H22N4O4S. The molecule has 2 aliphatic heterocycles. The van der Waals surface area contributed by atoms with Crippen molar-refractivity contribution in [2.75, 3.05) is 18.8 Å². The highest BCUT2D eigenvalue weighted by Gasteiger charge is 2.48. The molecule has 0 radical (unpaired) electrons. The van der Waals surface area contributed by atoms with E-state index < -0.39 is 23.4 Å². The quantitative estimate of drug-likeness (QED) is 0.688. The Morgan fingerprint density at radius 1 is 1.26 bits per heavy atom. The van der Waals surface area contributed by atoms with Crippen molar-refractivity contribution in [3.63, 3.8) is 0 Å². The lowest BCUT2D eigenvalue weighted by atomic mass is 9.93. The third-order valence-electron chi connectivity index (χ3n) is 4.71. The highest BCUT2D eigenvalue weighted by atomic mass is 32.2. The number of imide groups is 1. The number of benzene rings is 1. The Labute approximate surface area is 161 Å². The van der Waals surface area contributed by atoms with Crippen LogP contribution >= 0.6 is 11.8 Å². The standard InChI is InChI=1S/C18H22N4O4S/c1-18(9-7-13-5-3-2-4-6-13)15(24)22(16(25)19-18)20-14(23)8-10-21-11-12-27-17(21)26/h2-6H,7-12H2,1H3,(H,19,25)(H,20,23). The summed E-state index contributed by atoms with van der Waals surface area (Å²) in [5.74, 6) is -0.243. The van der Waals surface area contributed by atoms with Crippen molar-refractivity contribution >= 4 is 34.8 Å². The normalized spacial score (nSPS) is 22.3. The Morgan fingerprint density at radius 2 is 2.00 bits per heavy atom. The Hall–Kier alpha value is -2.55. The van der Waals surface area contributed by atoms with Gasteiger partial charge in [-0.2, -0.15) is 5.01 Å². The summed E-state index contributed by atoms with van der Waals surface area (Å²) in [6, 6.07) is 9.03. The van der Waals surface area contributed by atoms with Crippen LogP contribution in [0.5, 0.6) is 0 Å². The van der Waals surface area contributed by atoms with Gasteiger partial charge in [-0.25, -0.2) is 4.79 Å². The minimum absolute atomic E-state index is 0.0318. The van der Waals surface area contributed by atoms with Crippen LogP contribution in [0, 0.1) is 0 Å². The molecule has 1 unspecified atom stereocenters. The topological polar surface area (TPSA) is 98.8 Å². The van der Waals surface area contributed by atoms with Crippen molar-refractivity contribution in [2.45, 2.75) is 31.7 Å². The number of carbonyl (C=O) groups excluding carboxylic acids is 4. The van der Waals surface area contributed by atoms with Crippen molar-refractivity contribution in [1.29, 1.82) is 0 Å². The Balaban J connectivity index is 1.53. The minimum Gasteiger partial charge on any atom is -0.332 e. The van der Waals surface area contributed by atoms with E-state index >= 15 is 0 Å². The number of amides is 5. The number of nitrogens with zero attached hydrogens (tertiary/aromatic N) is 2. The van der Waals surface area contributed by atoms with Crippen molar-refractivity contribution in [3.8, 4) is 0 Å². The molecule has 1 aromatic rings. The molecule has 0 aromatic heterocycles. The van der Waals surface area contributed by atoms with Gasteiger partial charge in [0.2, 0.25) is 5.91 Å². The van der Waals surface area contributed by atoms with Gasteiger partial charge in [0.05, 0.1) is 0 Å². The fourth-order valence-corrected chi connectivity index (χ4v) is 3.89. The van der Waals surface area contributed by atoms with E-state index in [1.807, 2.05) is 30.3 Å². The molecule has 2 N–H and O–H groups in total. The van der Waals surface area contributed by atoms with Crippen LogP contribution in [0.1, 0.15) is 25.3 Å². The van der Waals surface area contributed by atoms with Crippen molar-refractivity contribution in [2.24, 2.45) is 0 Å². The first-order chi connectivity index (χ1) is 12.9. The predicted octanol–water partition coefficient (Wildman–Crippen LogP) is 1.52. The Kier molecular flexibility index (Phi) is 5.69. The van der Waals surface area contributed by atoms with Crippen molar-refractivity contribution in [1.82, 2.24) is 20.7 Å². The molecule has 2 aliphatic rings. The largest absolute Gasteiger partial charge is 0.344 e. The monoisotopic (exact) mass is 390 g/mol. The number of carbonyl (C=O) groups is 4. The zero-order valence-electron chi connectivity index (χ0n) is 15.1. The highest BCUT2D eigenvalue weighted by Crippen LogP contribution is 2.22. The van der Waals surface area contributed by atoms with E-state index in [9.17, 15) is 19.2 Å². The molecule has 2 heterocycles. The van der Waals surface area contributed by atoms with E-state index in [4.69, 9.17) is 0 Å². The lowest BCUT2D eigenvalue weighted by molar-refractivity contribution is -0.138. The lowest BCUT2D eigenvalue weighted by Gasteiger charge is -2.22. The molecule has 3 rings (SSSR count). The van der Waals surface area contributed by atoms with Crippen molar-refractivity contribution in [3.05, 3.63) is 35.9 Å². The number of hydrogen-bond donors (Lipinski definition) is 2. The number of nitrogens with one attached hydrogen (secondary N) is 2. The Morgan fingerprint density at radius 3 is 2.67 bits per heavy atom. The lowest BCUT2D eigenvalue weighted by Crippen LogP contribution is -2.49. The van der Waals surface area contributed by atoms with Crippen LogP contribution in [0.15, 0.2) is 30.3 Å². The maximum Gasteiger partial charge on any atom is 0.344 e. The molecule has 0 spiro atoms. The molecule has 0 aliphatic carbocycles. The van der Waals surface area contributed by atoms with Crippen LogP contribution in [0.4, 0.5) is 9.59 Å². The average Bonchev–Trinajstić information content (AvgIpc) is 3.16. The average molecular weight is 390 g/mol. The summed E-state index contributed by atoms with van der Waals surface area (Å²) >= 11 is 1.22. The second-order valence-electron chi connectivity index (χ2n) is 6.77. The van der Waals surface area contributed by atoms with Gasteiger partial charge >= 0.3 is 6.03 Å². The minimum atomic E-state index is -1.07. The van der Waals surface area contributed by atoms with E-state index in [-0.39, 0.29) is 18.2 Å². The summed E-state index contributed by atoms with van der Waals surface area (Å²) in [7, 11) is 0. The summed E-state index contributed by atoms with van der Waals surface area (Å²) in [5.41, 5.74) is 2.36. The molecular weight excluding hydrogens is 368 g/mol. The fourth-order valence-electron chi connectivity index (χ4n) is 3.04. The van der Waals surface area contributed by atoms with Crippen LogP contribution < -0.4 is 10.7 Å². The summed E-state index contributed by atoms with van der Waals surface area (Å²) < 4.78 is 0. The van der Waals surface area contributed by atoms with Gasteiger partial charge in [0, 0.05) is 25.3 Å². The molecule has 1 atom stereocenters. The van der Waals surface area contributed by atoms with Gasteiger partial charge in [-0.3, -0.25) is 19.8 Å². The third-order valence-corrected chi connectivity index (χ3v) is 5.60. The highest BCUT2D eigenvalue weighted by molar-refractivity contribution is 8.13. The van der Waals surface area contributed by atoms with Crippen LogP contribution in [0.3, 0.4) is 0 Å². The van der Waals surface area contributed by atoms with E-state index in [2.05, 4.69) is 10.7 Å². The molecule has 144 valence electrons. The van der Waals surface area contributed by atoms with Crippen LogP contribution in [0.25, 0.3) is 0 Å². The molecule has 5 amide bonds. The van der Waals surface area contributed by atoms with Crippen LogP contribution in [0.2, 0.25) is 0 Å². The summed E-state index contributed by atoms with van der Waals surface area (Å²) in [5, 5.41) is 3.36. The first-order valence-electron chi connectivity index (χ1n) is 8.81. The van der Waals surface area contributed by atoms with Crippen LogP contribution in [-0.4, -0.2) is 57.4 Å². The zero-order chi connectivity index (χ0) is 19.4. The number of aryl methyl sites for hydroxylation is 1. The van der Waals surface area contributed by atoms with Gasteiger partial charge in [-0.05, 0) is 25.3 Å². The predicted molar refractivity (Wildman–Crippen MR) is 101 cm³/mol. The second-order valence-corrected chi connectivity index (χ2v) is 7.82. The number of urea groups is 1. The van der Waals surface area contributed by atoms with Crippen LogP contribution in [-0.2, 0) is 16.0 Å². The maximum atomic E-state index is 12.7. The first kappa shape index (κ1) is 19.2. The van der Waals surface area contributed by atoms with Crippen molar-refractivity contribution < 1.29 is 19.2 Å². The third kappa shape index (κ3) is 4.41. The fraction of sp³-hybridized carbons (Fsp3) is 0.444. The second kappa shape index (κ2) is 7.99. The van der Waals surface area contributed by atoms with Gasteiger partial charge in [0.1, 0.15) is 5.54 Å². The molecule has 27 heavy (non-hydrogen) atoms. The number of hydrazine groups is 1. The number of hydrogen-bond acceptors (Lipinski definition) is 5. The molecule has 2 fully saturated rings. The Bertz CT molecular complexity index is 757. The number of rotatable bonds is 7. The molecule has 0 bridgehead atoms. The summed E-state index contributed by atoms with van der Waals surface area (Å²) in [4.78, 5) is 50.1. The van der Waals surface area contributed by atoms with Gasteiger partial charge in [-0.15, -0.1) is 0 Å². The van der Waals surface area contributed by atoms with E-state index in [0.29, 0.717) is 25.1 Å². The molecule has 1 aromatic carbocycles. The smallest absolute Gasteiger partial charge is 0.332 e. The molecule has 0 saturated carbocycles. The van der Waals surface area contributed by atoms with Gasteiger partial charge < -0.3 is 10.2 Å². The molecule has 2 saturated heterocycles. The first-order valence-corrected chi connectivity index (χ1v) is 9.79. The van der Waals surface area contributed by atoms with Gasteiger partial charge in [0.25, 0.3) is 11.1 Å². The summed E-state index contributed by atoms with van der Waals surface area (Å²) in [6.45, 7) is 2.53. The van der Waals surface area contributed by atoms with E-state index in [1.165, 1.54) is 11.8 Å². The van der Waals surface area contributed by atoms with E-state index in [0.717, 1.165) is 10.6 Å². The van der Waals surface area contributed by atoms with Gasteiger partial charge in [0.15, 0.2) is 0 Å². The van der Waals surface area contributed by atoms with E-state index in [1.54, 1.807) is 11.8 Å². The number of thioether (sulfide) groups is 1. The van der Waals surface area contributed by atoms with Gasteiger partial charge in [-0.1, -0.05) is 42.1 Å². The molecule has 9 heteroatoms. The summed E-state index contributed by atoms with van der Waals surface area (Å²) in [6.07, 6.45) is 1.08. The zero-order valence-corrected chi connectivity index (χ0v) is 15.9. The SMILES string of the molecule is CC1(CCc2ccccc2)NC(=O)N(NC(=O)CCN2CCSC2=O)C1=O.